The normalized spacial score (nSPS) is 11.2. The minimum atomic E-state index is 0.270. The van der Waals surface area contributed by atoms with Gasteiger partial charge in [0.2, 0.25) is 0 Å². The number of hydrogen-bond donors (Lipinski definition) is 0. The largest absolute Gasteiger partial charge is 0.468 e. The zero-order chi connectivity index (χ0) is 13.1. The molecule has 96 valence electrons. The van der Waals surface area contributed by atoms with Gasteiger partial charge in [0.25, 0.3) is 0 Å². The minimum Gasteiger partial charge on any atom is -0.468 e. The van der Waals surface area contributed by atoms with Crippen molar-refractivity contribution in [3.8, 4) is 0 Å². The van der Waals surface area contributed by atoms with Gasteiger partial charge in [-0.25, -0.2) is 9.97 Å². The van der Waals surface area contributed by atoms with E-state index >= 15 is 0 Å². The molecule has 0 spiro atoms. The average Bonchev–Trinajstić information content (AvgIpc) is 2.83. The topological polar surface area (TPSA) is 38.9 Å². The van der Waals surface area contributed by atoms with E-state index in [9.17, 15) is 0 Å². The second-order valence-corrected chi connectivity index (χ2v) is 5.65. The summed E-state index contributed by atoms with van der Waals surface area (Å²) in [5.41, 5.74) is 0.928. The van der Waals surface area contributed by atoms with Crippen LogP contribution in [0.3, 0.4) is 0 Å². The molecule has 0 radical (unpaired) electrons. The third kappa shape index (κ3) is 3.06. The molecule has 0 N–H and O–H groups in total. The SMILES string of the molecule is Cc1c(Cl)nc(C(C)C)nc1SCc1ccco1. The van der Waals surface area contributed by atoms with Crippen molar-refractivity contribution in [2.45, 2.75) is 37.5 Å². The summed E-state index contributed by atoms with van der Waals surface area (Å²) in [6.07, 6.45) is 1.68. The van der Waals surface area contributed by atoms with Crippen molar-refractivity contribution in [1.29, 1.82) is 0 Å². The molecule has 0 aliphatic carbocycles. The third-order valence-electron chi connectivity index (χ3n) is 2.51. The van der Waals surface area contributed by atoms with E-state index in [4.69, 9.17) is 16.0 Å². The molecule has 0 bridgehead atoms. The molecule has 3 nitrogen and oxygen atoms in total. The smallest absolute Gasteiger partial charge is 0.136 e. The molecular weight excluding hydrogens is 268 g/mol. The van der Waals surface area contributed by atoms with Crippen LogP contribution in [0.25, 0.3) is 0 Å². The van der Waals surface area contributed by atoms with Crippen LogP contribution in [0.15, 0.2) is 27.8 Å². The Morgan fingerprint density at radius 1 is 1.39 bits per heavy atom. The first-order valence-corrected chi connectivity index (χ1v) is 7.13. The summed E-state index contributed by atoms with van der Waals surface area (Å²) < 4.78 is 5.31. The predicted molar refractivity (Wildman–Crippen MR) is 74.1 cm³/mol. The number of hydrogen-bond acceptors (Lipinski definition) is 4. The molecule has 2 aromatic heterocycles. The molecule has 0 aliphatic rings. The van der Waals surface area contributed by atoms with Gasteiger partial charge in [0.1, 0.15) is 21.8 Å². The van der Waals surface area contributed by atoms with Gasteiger partial charge in [-0.3, -0.25) is 0 Å². The highest BCUT2D eigenvalue weighted by atomic mass is 35.5. The van der Waals surface area contributed by atoms with E-state index < -0.39 is 0 Å². The van der Waals surface area contributed by atoms with Crippen LogP contribution in [0, 0.1) is 6.92 Å². The van der Waals surface area contributed by atoms with E-state index in [0.717, 1.165) is 27.9 Å². The highest BCUT2D eigenvalue weighted by Crippen LogP contribution is 2.29. The van der Waals surface area contributed by atoms with Gasteiger partial charge >= 0.3 is 0 Å². The monoisotopic (exact) mass is 282 g/mol. The zero-order valence-corrected chi connectivity index (χ0v) is 12.2. The predicted octanol–water partition coefficient (Wildman–Crippen LogP) is 4.45. The zero-order valence-electron chi connectivity index (χ0n) is 10.6. The number of nitrogens with zero attached hydrogens (tertiary/aromatic N) is 2. The van der Waals surface area contributed by atoms with E-state index in [-0.39, 0.29) is 5.92 Å². The fourth-order valence-corrected chi connectivity index (χ4v) is 2.57. The fraction of sp³-hybridized carbons (Fsp3) is 0.385. The summed E-state index contributed by atoms with van der Waals surface area (Å²) in [5, 5.41) is 1.46. The van der Waals surface area contributed by atoms with Crippen LogP contribution in [0.4, 0.5) is 0 Å². The summed E-state index contributed by atoms with van der Waals surface area (Å²) in [6, 6.07) is 3.84. The summed E-state index contributed by atoms with van der Waals surface area (Å²) in [6.45, 7) is 6.06. The van der Waals surface area contributed by atoms with E-state index in [1.54, 1.807) is 18.0 Å². The molecule has 18 heavy (non-hydrogen) atoms. The summed E-state index contributed by atoms with van der Waals surface area (Å²) in [7, 11) is 0. The van der Waals surface area contributed by atoms with Crippen molar-refractivity contribution < 1.29 is 4.42 Å². The third-order valence-corrected chi connectivity index (χ3v) is 3.97. The molecule has 0 atom stereocenters. The van der Waals surface area contributed by atoms with Gasteiger partial charge in [-0.15, -0.1) is 0 Å². The Morgan fingerprint density at radius 2 is 2.17 bits per heavy atom. The Bertz CT molecular complexity index is 526. The van der Waals surface area contributed by atoms with Crippen LogP contribution in [-0.4, -0.2) is 9.97 Å². The molecule has 0 unspecified atom stereocenters. The quantitative estimate of drug-likeness (QED) is 0.613. The molecule has 0 amide bonds. The Morgan fingerprint density at radius 3 is 2.78 bits per heavy atom. The first-order chi connectivity index (χ1) is 8.58. The fourth-order valence-electron chi connectivity index (χ4n) is 1.42. The second kappa shape index (κ2) is 5.76. The van der Waals surface area contributed by atoms with Gasteiger partial charge in [-0.1, -0.05) is 37.2 Å². The van der Waals surface area contributed by atoms with Crippen molar-refractivity contribution in [3.63, 3.8) is 0 Å². The number of aromatic nitrogens is 2. The van der Waals surface area contributed by atoms with Crippen molar-refractivity contribution in [3.05, 3.63) is 40.7 Å². The highest BCUT2D eigenvalue weighted by molar-refractivity contribution is 7.98. The van der Waals surface area contributed by atoms with Crippen LogP contribution in [0.5, 0.6) is 0 Å². The lowest BCUT2D eigenvalue weighted by atomic mass is 10.2. The lowest BCUT2D eigenvalue weighted by Crippen LogP contribution is -2.01. The Labute approximate surface area is 116 Å². The van der Waals surface area contributed by atoms with Crippen LogP contribution in [0.2, 0.25) is 5.15 Å². The molecule has 2 heterocycles. The second-order valence-electron chi connectivity index (χ2n) is 4.33. The van der Waals surface area contributed by atoms with Gasteiger partial charge in [-0.05, 0) is 19.1 Å². The molecular formula is C13H15ClN2OS. The minimum absolute atomic E-state index is 0.270. The van der Waals surface area contributed by atoms with Crippen LogP contribution in [-0.2, 0) is 5.75 Å². The molecule has 0 fully saturated rings. The average molecular weight is 283 g/mol. The van der Waals surface area contributed by atoms with Gasteiger partial charge in [0.05, 0.1) is 12.0 Å². The van der Waals surface area contributed by atoms with Gasteiger partial charge < -0.3 is 4.42 Å². The van der Waals surface area contributed by atoms with Crippen molar-refractivity contribution in [2.75, 3.05) is 0 Å². The van der Waals surface area contributed by atoms with E-state index in [1.807, 2.05) is 19.1 Å². The molecule has 0 aromatic carbocycles. The Kier molecular flexibility index (Phi) is 4.30. The molecule has 0 aliphatic heterocycles. The Balaban J connectivity index is 2.20. The van der Waals surface area contributed by atoms with Crippen molar-refractivity contribution in [2.24, 2.45) is 0 Å². The Hall–Kier alpha value is -1.00. The van der Waals surface area contributed by atoms with E-state index in [1.165, 1.54) is 0 Å². The van der Waals surface area contributed by atoms with Crippen LogP contribution < -0.4 is 0 Å². The van der Waals surface area contributed by atoms with E-state index in [2.05, 4.69) is 23.8 Å². The summed E-state index contributed by atoms with van der Waals surface area (Å²) in [4.78, 5) is 8.85. The molecule has 2 rings (SSSR count). The maximum absolute atomic E-state index is 6.14. The van der Waals surface area contributed by atoms with Gasteiger partial charge in [0, 0.05) is 11.5 Å². The maximum Gasteiger partial charge on any atom is 0.136 e. The number of rotatable bonds is 4. The molecule has 0 saturated heterocycles. The number of thioether (sulfide) groups is 1. The molecule has 0 saturated carbocycles. The number of furan rings is 1. The molecule has 2 aromatic rings. The first-order valence-electron chi connectivity index (χ1n) is 5.77. The number of halogens is 1. The van der Waals surface area contributed by atoms with Crippen LogP contribution in [0.1, 0.15) is 36.9 Å². The van der Waals surface area contributed by atoms with Crippen molar-refractivity contribution in [1.82, 2.24) is 9.97 Å². The maximum atomic E-state index is 6.14. The first kappa shape index (κ1) is 13.4. The standard InChI is InChI=1S/C13H15ClN2OS/c1-8(2)12-15-11(14)9(3)13(16-12)18-7-10-5-4-6-17-10/h4-6,8H,7H2,1-3H3. The van der Waals surface area contributed by atoms with Crippen molar-refractivity contribution >= 4 is 23.4 Å². The lowest BCUT2D eigenvalue weighted by molar-refractivity contribution is 0.530. The van der Waals surface area contributed by atoms with E-state index in [0.29, 0.717) is 5.15 Å². The summed E-state index contributed by atoms with van der Waals surface area (Å²) >= 11 is 7.76. The highest BCUT2D eigenvalue weighted by Gasteiger charge is 2.12. The van der Waals surface area contributed by atoms with Gasteiger partial charge in [0.15, 0.2) is 0 Å². The van der Waals surface area contributed by atoms with Gasteiger partial charge in [-0.2, -0.15) is 0 Å². The van der Waals surface area contributed by atoms with Crippen LogP contribution >= 0.6 is 23.4 Å². The lowest BCUT2D eigenvalue weighted by Gasteiger charge is -2.10. The molecule has 5 heteroatoms. The summed E-state index contributed by atoms with van der Waals surface area (Å²) in [5.74, 6) is 2.73.